The fourth-order valence-corrected chi connectivity index (χ4v) is 3.83. The third kappa shape index (κ3) is 3.00. The van der Waals surface area contributed by atoms with E-state index in [0.717, 1.165) is 22.0 Å². The maximum atomic E-state index is 12.3. The zero-order valence-corrected chi connectivity index (χ0v) is 12.8. The van der Waals surface area contributed by atoms with Crippen molar-refractivity contribution in [3.05, 3.63) is 15.6 Å². The summed E-state index contributed by atoms with van der Waals surface area (Å²) in [5.74, 6) is -1.94. The molecule has 6 heteroatoms. The molecule has 0 bridgehead atoms. The van der Waals surface area contributed by atoms with Gasteiger partial charge in [0.15, 0.2) is 0 Å². The summed E-state index contributed by atoms with van der Waals surface area (Å²) in [7, 11) is 0. The second kappa shape index (κ2) is 5.91. The Bertz CT molecular complexity index is 526. The van der Waals surface area contributed by atoms with Crippen LogP contribution in [0.1, 0.15) is 47.8 Å². The molecule has 20 heavy (non-hydrogen) atoms. The highest BCUT2D eigenvalue weighted by Crippen LogP contribution is 2.33. The Hall–Kier alpha value is -1.43. The number of nitrogens with one attached hydrogen (secondary N) is 1. The lowest BCUT2D eigenvalue weighted by Crippen LogP contribution is -2.36. The highest BCUT2D eigenvalue weighted by atomic mass is 32.1. The third-order valence-electron chi connectivity index (χ3n) is 3.86. The molecule has 0 aliphatic heterocycles. The van der Waals surface area contributed by atoms with Gasteiger partial charge >= 0.3 is 5.97 Å². The summed E-state index contributed by atoms with van der Waals surface area (Å²) in [5.41, 5.74) is 0.932. The number of aromatic nitrogens is 1. The van der Waals surface area contributed by atoms with Crippen LogP contribution in [-0.2, 0) is 9.59 Å². The molecule has 1 aromatic heterocycles. The monoisotopic (exact) mass is 296 g/mol. The largest absolute Gasteiger partial charge is 0.481 e. The summed E-state index contributed by atoms with van der Waals surface area (Å²) >= 11 is 1.57. The van der Waals surface area contributed by atoms with E-state index in [-0.39, 0.29) is 11.9 Å². The summed E-state index contributed by atoms with van der Waals surface area (Å²) in [4.78, 5) is 28.8. The molecule has 0 aromatic carbocycles. The average Bonchev–Trinajstić information content (AvgIpc) is 2.95. The van der Waals surface area contributed by atoms with Crippen molar-refractivity contribution in [2.24, 2.45) is 11.8 Å². The molecule has 1 aliphatic carbocycles. The van der Waals surface area contributed by atoms with Gasteiger partial charge in [-0.15, -0.1) is 11.3 Å². The SMILES string of the molecule is Cc1nc(C)c(C(C)NC(=O)[C@@H]2CCC[C@@H]2C(=O)O)s1. The topological polar surface area (TPSA) is 79.3 Å². The molecule has 2 N–H and O–H groups in total. The van der Waals surface area contributed by atoms with Crippen molar-refractivity contribution < 1.29 is 14.7 Å². The number of hydrogen-bond donors (Lipinski definition) is 2. The quantitative estimate of drug-likeness (QED) is 0.894. The maximum Gasteiger partial charge on any atom is 0.307 e. The molecule has 1 aliphatic rings. The number of hydrogen-bond acceptors (Lipinski definition) is 4. The van der Waals surface area contributed by atoms with Gasteiger partial charge in [-0.2, -0.15) is 0 Å². The fraction of sp³-hybridized carbons (Fsp3) is 0.643. The minimum absolute atomic E-state index is 0.122. The van der Waals surface area contributed by atoms with Crippen molar-refractivity contribution in [1.82, 2.24) is 10.3 Å². The molecule has 2 rings (SSSR count). The van der Waals surface area contributed by atoms with Crippen LogP contribution >= 0.6 is 11.3 Å². The first-order valence-corrected chi connectivity index (χ1v) is 7.69. The summed E-state index contributed by atoms with van der Waals surface area (Å²) in [6.45, 7) is 5.78. The van der Waals surface area contributed by atoms with Crippen LogP contribution in [0.5, 0.6) is 0 Å². The van der Waals surface area contributed by atoms with E-state index in [1.165, 1.54) is 0 Å². The first-order chi connectivity index (χ1) is 9.40. The van der Waals surface area contributed by atoms with Gasteiger partial charge in [0.25, 0.3) is 0 Å². The van der Waals surface area contributed by atoms with E-state index in [1.807, 2.05) is 20.8 Å². The van der Waals surface area contributed by atoms with E-state index >= 15 is 0 Å². The molecule has 0 spiro atoms. The molecule has 1 heterocycles. The second-order valence-corrected chi connectivity index (χ2v) is 6.63. The number of nitrogens with zero attached hydrogens (tertiary/aromatic N) is 1. The van der Waals surface area contributed by atoms with Crippen LogP contribution in [-0.4, -0.2) is 22.0 Å². The number of rotatable bonds is 4. The minimum atomic E-state index is -0.861. The Labute approximate surface area is 122 Å². The van der Waals surface area contributed by atoms with E-state index in [0.29, 0.717) is 12.8 Å². The van der Waals surface area contributed by atoms with Crippen molar-refractivity contribution in [1.29, 1.82) is 0 Å². The predicted octanol–water partition coefficient (Wildman–Crippen LogP) is 2.44. The number of carbonyl (C=O) groups excluding carboxylic acids is 1. The molecule has 1 amide bonds. The van der Waals surface area contributed by atoms with Crippen LogP contribution in [0.3, 0.4) is 0 Å². The van der Waals surface area contributed by atoms with E-state index in [9.17, 15) is 9.59 Å². The van der Waals surface area contributed by atoms with Crippen LogP contribution in [0.25, 0.3) is 0 Å². The van der Waals surface area contributed by atoms with Crippen molar-refractivity contribution in [2.45, 2.75) is 46.1 Å². The smallest absolute Gasteiger partial charge is 0.307 e. The third-order valence-corrected chi connectivity index (χ3v) is 5.12. The summed E-state index contributed by atoms with van der Waals surface area (Å²) in [6, 6.07) is -0.122. The summed E-state index contributed by atoms with van der Waals surface area (Å²) in [6.07, 6.45) is 2.07. The van der Waals surface area contributed by atoms with Crippen molar-refractivity contribution in [3.8, 4) is 0 Å². The van der Waals surface area contributed by atoms with E-state index in [2.05, 4.69) is 10.3 Å². The molecule has 0 saturated heterocycles. The number of aryl methyl sites for hydroxylation is 2. The Kier molecular flexibility index (Phi) is 4.42. The molecular weight excluding hydrogens is 276 g/mol. The molecule has 0 radical (unpaired) electrons. The lowest BCUT2D eigenvalue weighted by Gasteiger charge is -2.19. The average molecular weight is 296 g/mol. The Morgan fingerprint density at radius 2 is 2.00 bits per heavy atom. The molecule has 5 nitrogen and oxygen atoms in total. The minimum Gasteiger partial charge on any atom is -0.481 e. The van der Waals surface area contributed by atoms with Crippen molar-refractivity contribution in [3.63, 3.8) is 0 Å². The van der Waals surface area contributed by atoms with Gasteiger partial charge in [-0.1, -0.05) is 6.42 Å². The van der Waals surface area contributed by atoms with Crippen LogP contribution in [0.2, 0.25) is 0 Å². The highest BCUT2D eigenvalue weighted by molar-refractivity contribution is 7.11. The molecular formula is C14H20N2O3S. The van der Waals surface area contributed by atoms with Crippen LogP contribution in [0, 0.1) is 25.7 Å². The zero-order chi connectivity index (χ0) is 14.9. The fourth-order valence-electron chi connectivity index (χ4n) is 2.90. The number of carbonyl (C=O) groups is 2. The second-order valence-electron chi connectivity index (χ2n) is 5.39. The molecule has 1 fully saturated rings. The molecule has 3 atom stereocenters. The maximum absolute atomic E-state index is 12.3. The van der Waals surface area contributed by atoms with Crippen molar-refractivity contribution >= 4 is 23.2 Å². The zero-order valence-electron chi connectivity index (χ0n) is 12.0. The summed E-state index contributed by atoms with van der Waals surface area (Å²) < 4.78 is 0. The van der Waals surface area contributed by atoms with E-state index < -0.39 is 17.8 Å². The first kappa shape index (κ1) is 15.0. The highest BCUT2D eigenvalue weighted by Gasteiger charge is 2.38. The van der Waals surface area contributed by atoms with Gasteiger partial charge in [-0.25, -0.2) is 4.98 Å². The lowest BCUT2D eigenvalue weighted by molar-refractivity contribution is -0.146. The van der Waals surface area contributed by atoms with E-state index in [1.54, 1.807) is 11.3 Å². The Balaban J connectivity index is 2.04. The normalized spacial score (nSPS) is 23.6. The summed E-state index contributed by atoms with van der Waals surface area (Å²) in [5, 5.41) is 13.1. The van der Waals surface area contributed by atoms with Gasteiger partial charge in [-0.3, -0.25) is 9.59 Å². The van der Waals surface area contributed by atoms with Crippen LogP contribution in [0.4, 0.5) is 0 Å². The Morgan fingerprint density at radius 3 is 2.55 bits per heavy atom. The van der Waals surface area contributed by atoms with Crippen LogP contribution < -0.4 is 5.32 Å². The van der Waals surface area contributed by atoms with Gasteiger partial charge in [0, 0.05) is 4.88 Å². The molecule has 1 saturated carbocycles. The molecule has 110 valence electrons. The van der Waals surface area contributed by atoms with Gasteiger partial charge in [0.2, 0.25) is 5.91 Å². The Morgan fingerprint density at radius 1 is 1.35 bits per heavy atom. The van der Waals surface area contributed by atoms with Gasteiger partial charge in [-0.05, 0) is 33.6 Å². The number of carboxylic acids is 1. The van der Waals surface area contributed by atoms with Gasteiger partial charge in [0.1, 0.15) is 0 Å². The van der Waals surface area contributed by atoms with Gasteiger partial charge in [0.05, 0.1) is 28.6 Å². The number of amides is 1. The number of carboxylic acid groups (broad SMARTS) is 1. The van der Waals surface area contributed by atoms with Crippen LogP contribution in [0.15, 0.2) is 0 Å². The van der Waals surface area contributed by atoms with E-state index in [4.69, 9.17) is 5.11 Å². The number of thiazole rings is 1. The van der Waals surface area contributed by atoms with Gasteiger partial charge < -0.3 is 10.4 Å². The first-order valence-electron chi connectivity index (χ1n) is 6.87. The van der Waals surface area contributed by atoms with Crippen molar-refractivity contribution in [2.75, 3.05) is 0 Å². The lowest BCUT2D eigenvalue weighted by atomic mass is 9.95. The molecule has 1 aromatic rings. The predicted molar refractivity (Wildman–Crippen MR) is 76.6 cm³/mol. The number of aliphatic carboxylic acids is 1. The molecule has 1 unspecified atom stereocenters. The standard InChI is InChI=1S/C14H20N2O3S/c1-7-12(20-9(3)15-7)8(2)16-13(17)10-5-4-6-11(10)14(18)19/h8,10-11H,4-6H2,1-3H3,(H,16,17)(H,18,19)/t8?,10-,11+/m1/s1.